The third-order valence-corrected chi connectivity index (χ3v) is 4.02. The molecule has 0 spiro atoms. The van der Waals surface area contributed by atoms with Gasteiger partial charge in [-0.05, 0) is 12.8 Å². The SMILES string of the molecule is Cn1cc(NC(=O)NC2CCCN(c3nccn(C)c3=O)C2)cn1. The van der Waals surface area contributed by atoms with Crippen LogP contribution in [0, 0.1) is 0 Å². The van der Waals surface area contributed by atoms with Crippen molar-refractivity contribution >= 4 is 17.5 Å². The summed E-state index contributed by atoms with van der Waals surface area (Å²) in [6, 6.07) is -0.314. The summed E-state index contributed by atoms with van der Waals surface area (Å²) >= 11 is 0. The van der Waals surface area contributed by atoms with Crippen molar-refractivity contribution in [3.05, 3.63) is 35.1 Å². The molecule has 1 saturated heterocycles. The molecule has 1 aliphatic heterocycles. The van der Waals surface area contributed by atoms with Gasteiger partial charge < -0.3 is 20.1 Å². The number of nitrogens with zero attached hydrogens (tertiary/aromatic N) is 5. The molecule has 0 radical (unpaired) electrons. The third-order valence-electron chi connectivity index (χ3n) is 4.02. The number of anilines is 2. The van der Waals surface area contributed by atoms with Crippen LogP contribution in [-0.4, -0.2) is 44.5 Å². The summed E-state index contributed by atoms with van der Waals surface area (Å²) in [7, 11) is 3.49. The molecule has 2 aromatic heterocycles. The Bertz CT molecular complexity index is 782. The monoisotopic (exact) mass is 331 g/mol. The molecular formula is C15H21N7O2. The van der Waals surface area contributed by atoms with Gasteiger partial charge in [0.1, 0.15) is 0 Å². The Morgan fingerprint density at radius 1 is 1.38 bits per heavy atom. The number of carbonyl (C=O) groups is 1. The van der Waals surface area contributed by atoms with E-state index in [-0.39, 0.29) is 17.6 Å². The maximum atomic E-state index is 12.2. The predicted molar refractivity (Wildman–Crippen MR) is 90.1 cm³/mol. The molecule has 2 aromatic rings. The van der Waals surface area contributed by atoms with Crippen LogP contribution >= 0.6 is 0 Å². The van der Waals surface area contributed by atoms with Crippen molar-refractivity contribution in [1.29, 1.82) is 0 Å². The number of piperidine rings is 1. The van der Waals surface area contributed by atoms with E-state index in [2.05, 4.69) is 20.7 Å². The summed E-state index contributed by atoms with van der Waals surface area (Å²) in [5.74, 6) is 0.430. The first-order valence-electron chi connectivity index (χ1n) is 7.85. The van der Waals surface area contributed by atoms with Crippen LogP contribution in [0.3, 0.4) is 0 Å². The van der Waals surface area contributed by atoms with E-state index < -0.39 is 0 Å². The fourth-order valence-corrected chi connectivity index (χ4v) is 2.83. The summed E-state index contributed by atoms with van der Waals surface area (Å²) in [4.78, 5) is 30.4. The number of carbonyl (C=O) groups excluding carboxylic acids is 1. The van der Waals surface area contributed by atoms with Gasteiger partial charge in [-0.25, -0.2) is 9.78 Å². The second-order valence-electron chi connectivity index (χ2n) is 5.95. The molecule has 2 amide bonds. The van der Waals surface area contributed by atoms with Crippen molar-refractivity contribution in [2.75, 3.05) is 23.3 Å². The minimum absolute atomic E-state index is 0.0397. The Morgan fingerprint density at radius 3 is 2.96 bits per heavy atom. The highest BCUT2D eigenvalue weighted by molar-refractivity contribution is 5.89. The van der Waals surface area contributed by atoms with Gasteiger partial charge in [-0.15, -0.1) is 0 Å². The second-order valence-corrected chi connectivity index (χ2v) is 5.95. The predicted octanol–water partition coefficient (Wildman–Crippen LogP) is 0.304. The summed E-state index contributed by atoms with van der Waals surface area (Å²) in [6.07, 6.45) is 8.31. The van der Waals surface area contributed by atoms with Crippen molar-refractivity contribution in [2.24, 2.45) is 14.1 Å². The van der Waals surface area contributed by atoms with Gasteiger partial charge in [-0.1, -0.05) is 0 Å². The van der Waals surface area contributed by atoms with E-state index in [1.165, 1.54) is 4.57 Å². The molecule has 9 nitrogen and oxygen atoms in total. The molecule has 2 N–H and O–H groups in total. The van der Waals surface area contributed by atoms with Crippen LogP contribution in [0.5, 0.6) is 0 Å². The molecule has 1 aliphatic rings. The Kier molecular flexibility index (Phi) is 4.50. The summed E-state index contributed by atoms with van der Waals surface area (Å²) in [6.45, 7) is 1.32. The molecule has 3 heterocycles. The zero-order valence-electron chi connectivity index (χ0n) is 13.8. The highest BCUT2D eigenvalue weighted by Crippen LogP contribution is 2.14. The van der Waals surface area contributed by atoms with Crippen LogP contribution in [0.4, 0.5) is 16.3 Å². The average Bonchev–Trinajstić information content (AvgIpc) is 2.95. The first-order valence-corrected chi connectivity index (χ1v) is 7.85. The number of amides is 2. The maximum Gasteiger partial charge on any atom is 0.319 e. The lowest BCUT2D eigenvalue weighted by Crippen LogP contribution is -2.50. The number of rotatable bonds is 3. The number of aromatic nitrogens is 4. The Balaban J connectivity index is 1.62. The number of nitrogens with one attached hydrogen (secondary N) is 2. The van der Waals surface area contributed by atoms with Crippen LogP contribution in [0.1, 0.15) is 12.8 Å². The standard InChI is InChI=1S/C15H21N7O2/c1-20-7-5-16-13(14(20)23)22-6-3-4-11(10-22)18-15(24)19-12-8-17-21(2)9-12/h5,7-9,11H,3-4,6,10H2,1-2H3,(H2,18,19,24). The number of hydrogen-bond donors (Lipinski definition) is 2. The van der Waals surface area contributed by atoms with Crippen LogP contribution in [0.15, 0.2) is 29.6 Å². The van der Waals surface area contributed by atoms with E-state index in [1.54, 1.807) is 43.6 Å². The molecule has 128 valence electrons. The lowest BCUT2D eigenvalue weighted by molar-refractivity contribution is 0.246. The first kappa shape index (κ1) is 16.0. The van der Waals surface area contributed by atoms with Gasteiger partial charge in [-0.2, -0.15) is 5.10 Å². The van der Waals surface area contributed by atoms with Crippen molar-refractivity contribution in [3.63, 3.8) is 0 Å². The van der Waals surface area contributed by atoms with E-state index in [0.717, 1.165) is 19.4 Å². The van der Waals surface area contributed by atoms with Gasteiger partial charge >= 0.3 is 6.03 Å². The van der Waals surface area contributed by atoms with E-state index in [1.807, 2.05) is 4.90 Å². The van der Waals surface area contributed by atoms with E-state index in [9.17, 15) is 9.59 Å². The van der Waals surface area contributed by atoms with Gasteiger partial charge in [-0.3, -0.25) is 9.48 Å². The molecule has 1 unspecified atom stereocenters. The van der Waals surface area contributed by atoms with Crippen LogP contribution in [-0.2, 0) is 14.1 Å². The zero-order chi connectivity index (χ0) is 17.1. The fourth-order valence-electron chi connectivity index (χ4n) is 2.83. The summed E-state index contributed by atoms with van der Waals surface area (Å²) in [5, 5.41) is 9.70. The van der Waals surface area contributed by atoms with Crippen molar-refractivity contribution in [2.45, 2.75) is 18.9 Å². The lowest BCUT2D eigenvalue weighted by Gasteiger charge is -2.33. The fraction of sp³-hybridized carbons (Fsp3) is 0.467. The van der Waals surface area contributed by atoms with Crippen molar-refractivity contribution < 1.29 is 4.79 Å². The van der Waals surface area contributed by atoms with E-state index >= 15 is 0 Å². The lowest BCUT2D eigenvalue weighted by atomic mass is 10.1. The molecular weight excluding hydrogens is 310 g/mol. The van der Waals surface area contributed by atoms with E-state index in [4.69, 9.17) is 0 Å². The molecule has 1 atom stereocenters. The van der Waals surface area contributed by atoms with Crippen LogP contribution < -0.4 is 21.1 Å². The zero-order valence-corrected chi connectivity index (χ0v) is 13.8. The topological polar surface area (TPSA) is 97.1 Å². The van der Waals surface area contributed by atoms with Crippen LogP contribution in [0.25, 0.3) is 0 Å². The molecule has 0 aromatic carbocycles. The largest absolute Gasteiger partial charge is 0.350 e. The van der Waals surface area contributed by atoms with Gasteiger partial charge in [0.05, 0.1) is 11.9 Å². The smallest absolute Gasteiger partial charge is 0.319 e. The van der Waals surface area contributed by atoms with Gasteiger partial charge in [0.15, 0.2) is 5.82 Å². The number of urea groups is 1. The third kappa shape index (κ3) is 3.55. The Hall–Kier alpha value is -2.84. The maximum absolute atomic E-state index is 12.2. The van der Waals surface area contributed by atoms with Crippen LogP contribution in [0.2, 0.25) is 0 Å². The minimum Gasteiger partial charge on any atom is -0.350 e. The highest BCUT2D eigenvalue weighted by atomic mass is 16.2. The molecule has 0 aliphatic carbocycles. The quantitative estimate of drug-likeness (QED) is 0.843. The normalized spacial score (nSPS) is 17.6. The molecule has 0 saturated carbocycles. The minimum atomic E-state index is -0.274. The Labute approximate surface area is 139 Å². The number of aryl methyl sites for hydroxylation is 2. The highest BCUT2D eigenvalue weighted by Gasteiger charge is 2.24. The molecule has 24 heavy (non-hydrogen) atoms. The molecule has 0 bridgehead atoms. The molecule has 1 fully saturated rings. The average molecular weight is 331 g/mol. The van der Waals surface area contributed by atoms with Gasteiger partial charge in [0.25, 0.3) is 5.56 Å². The summed E-state index contributed by atoms with van der Waals surface area (Å²) < 4.78 is 3.13. The van der Waals surface area contributed by atoms with Crippen molar-refractivity contribution in [1.82, 2.24) is 24.6 Å². The first-order chi connectivity index (χ1) is 11.5. The second kappa shape index (κ2) is 6.73. The van der Waals surface area contributed by atoms with Gasteiger partial charge in [0, 0.05) is 51.8 Å². The summed E-state index contributed by atoms with van der Waals surface area (Å²) in [5.41, 5.74) is 0.513. The molecule has 3 rings (SSSR count). The van der Waals surface area contributed by atoms with Crippen molar-refractivity contribution in [3.8, 4) is 0 Å². The molecule has 9 heteroatoms. The number of hydrogen-bond acceptors (Lipinski definition) is 5. The van der Waals surface area contributed by atoms with E-state index in [0.29, 0.717) is 18.1 Å². The Morgan fingerprint density at radius 2 is 2.21 bits per heavy atom. The van der Waals surface area contributed by atoms with Gasteiger partial charge in [0.2, 0.25) is 0 Å².